The summed E-state index contributed by atoms with van der Waals surface area (Å²) >= 11 is 11.5. The van der Waals surface area contributed by atoms with E-state index in [0.29, 0.717) is 0 Å². The second kappa shape index (κ2) is 7.97. The lowest BCUT2D eigenvalue weighted by molar-refractivity contribution is 0.177. The SMILES string of the molecule is Cc1ccccc1NC(=S)N1CCN(Cc2ccc(Cl)cc2)CC1. The largest absolute Gasteiger partial charge is 0.346 e. The summed E-state index contributed by atoms with van der Waals surface area (Å²) in [6, 6.07) is 16.3. The summed E-state index contributed by atoms with van der Waals surface area (Å²) in [5, 5.41) is 4.98. The van der Waals surface area contributed by atoms with Gasteiger partial charge in [0.15, 0.2) is 5.11 Å². The number of benzene rings is 2. The first kappa shape index (κ1) is 17.2. The number of hydrogen-bond acceptors (Lipinski definition) is 2. The zero-order chi connectivity index (χ0) is 16.9. The molecular weight excluding hydrogens is 338 g/mol. The third kappa shape index (κ3) is 4.47. The molecule has 5 heteroatoms. The molecule has 1 fully saturated rings. The summed E-state index contributed by atoms with van der Waals surface area (Å²) in [4.78, 5) is 4.70. The highest BCUT2D eigenvalue weighted by Gasteiger charge is 2.19. The monoisotopic (exact) mass is 359 g/mol. The van der Waals surface area contributed by atoms with Gasteiger partial charge in [-0.1, -0.05) is 41.9 Å². The number of piperazine rings is 1. The number of thiocarbonyl (C=S) groups is 1. The van der Waals surface area contributed by atoms with E-state index in [1.165, 1.54) is 11.1 Å². The molecule has 0 unspecified atom stereocenters. The number of halogens is 1. The fourth-order valence-electron chi connectivity index (χ4n) is 2.86. The zero-order valence-corrected chi connectivity index (χ0v) is 15.4. The summed E-state index contributed by atoms with van der Waals surface area (Å²) in [7, 11) is 0. The van der Waals surface area contributed by atoms with E-state index in [1.54, 1.807) is 0 Å². The predicted molar refractivity (Wildman–Crippen MR) is 106 cm³/mol. The average Bonchev–Trinajstić information content (AvgIpc) is 2.59. The van der Waals surface area contributed by atoms with Crippen molar-refractivity contribution in [3.63, 3.8) is 0 Å². The van der Waals surface area contributed by atoms with Crippen molar-refractivity contribution in [3.05, 3.63) is 64.7 Å². The number of nitrogens with one attached hydrogen (secondary N) is 1. The van der Waals surface area contributed by atoms with Crippen LogP contribution in [0.4, 0.5) is 5.69 Å². The first-order valence-electron chi connectivity index (χ1n) is 8.20. The lowest BCUT2D eigenvalue weighted by atomic mass is 10.2. The fraction of sp³-hybridized carbons (Fsp3) is 0.316. The summed E-state index contributed by atoms with van der Waals surface area (Å²) in [5.74, 6) is 0. The van der Waals surface area contributed by atoms with Crippen LogP contribution in [-0.2, 0) is 6.54 Å². The van der Waals surface area contributed by atoms with Gasteiger partial charge >= 0.3 is 0 Å². The molecule has 0 atom stereocenters. The van der Waals surface area contributed by atoms with Crippen LogP contribution in [0.15, 0.2) is 48.5 Å². The first-order valence-corrected chi connectivity index (χ1v) is 8.99. The summed E-state index contributed by atoms with van der Waals surface area (Å²) < 4.78 is 0. The summed E-state index contributed by atoms with van der Waals surface area (Å²) in [6.07, 6.45) is 0. The minimum Gasteiger partial charge on any atom is -0.346 e. The number of para-hydroxylation sites is 1. The smallest absolute Gasteiger partial charge is 0.173 e. The summed E-state index contributed by atoms with van der Waals surface area (Å²) in [5.41, 5.74) is 3.60. The number of rotatable bonds is 3. The topological polar surface area (TPSA) is 18.5 Å². The van der Waals surface area contributed by atoms with Gasteiger partial charge < -0.3 is 10.2 Å². The highest BCUT2D eigenvalue weighted by Crippen LogP contribution is 2.16. The maximum absolute atomic E-state index is 5.94. The molecule has 0 spiro atoms. The molecule has 1 heterocycles. The van der Waals surface area contributed by atoms with Gasteiger partial charge in [0.1, 0.15) is 0 Å². The van der Waals surface area contributed by atoms with Gasteiger partial charge in [0.2, 0.25) is 0 Å². The van der Waals surface area contributed by atoms with Crippen molar-refractivity contribution in [2.45, 2.75) is 13.5 Å². The highest BCUT2D eigenvalue weighted by atomic mass is 35.5. The molecule has 24 heavy (non-hydrogen) atoms. The van der Waals surface area contributed by atoms with E-state index in [-0.39, 0.29) is 0 Å². The van der Waals surface area contributed by atoms with Crippen LogP contribution in [0.1, 0.15) is 11.1 Å². The van der Waals surface area contributed by atoms with Crippen molar-refractivity contribution in [2.24, 2.45) is 0 Å². The molecule has 126 valence electrons. The van der Waals surface area contributed by atoms with Crippen LogP contribution in [0.25, 0.3) is 0 Å². The van der Waals surface area contributed by atoms with Gasteiger partial charge in [-0.3, -0.25) is 4.90 Å². The van der Waals surface area contributed by atoms with Gasteiger partial charge in [-0.2, -0.15) is 0 Å². The number of anilines is 1. The molecule has 1 saturated heterocycles. The summed E-state index contributed by atoms with van der Waals surface area (Å²) in [6.45, 7) is 6.98. The molecule has 0 bridgehead atoms. The molecule has 2 aromatic rings. The Bertz CT molecular complexity index is 694. The van der Waals surface area contributed by atoms with Crippen molar-refractivity contribution in [2.75, 3.05) is 31.5 Å². The van der Waals surface area contributed by atoms with Gasteiger partial charge in [-0.25, -0.2) is 0 Å². The Kier molecular flexibility index (Phi) is 5.72. The van der Waals surface area contributed by atoms with E-state index >= 15 is 0 Å². The Morgan fingerprint density at radius 2 is 1.71 bits per heavy atom. The molecule has 1 aliphatic rings. The normalized spacial score (nSPS) is 15.3. The maximum atomic E-state index is 5.94. The molecule has 1 N–H and O–H groups in total. The van der Waals surface area contributed by atoms with Crippen LogP contribution in [0.5, 0.6) is 0 Å². The molecule has 3 rings (SSSR count). The average molecular weight is 360 g/mol. The second-order valence-corrected chi connectivity index (χ2v) is 6.96. The quantitative estimate of drug-likeness (QED) is 0.829. The van der Waals surface area contributed by atoms with Gasteiger partial charge in [-0.05, 0) is 48.5 Å². The van der Waals surface area contributed by atoms with Crippen molar-refractivity contribution in [3.8, 4) is 0 Å². The van der Waals surface area contributed by atoms with Gasteiger partial charge in [-0.15, -0.1) is 0 Å². The van der Waals surface area contributed by atoms with Crippen molar-refractivity contribution < 1.29 is 0 Å². The van der Waals surface area contributed by atoms with E-state index in [0.717, 1.165) is 48.5 Å². The molecule has 2 aromatic carbocycles. The first-order chi connectivity index (χ1) is 11.6. The third-order valence-corrected chi connectivity index (χ3v) is 4.98. The zero-order valence-electron chi connectivity index (χ0n) is 13.8. The van der Waals surface area contributed by atoms with Gasteiger partial charge in [0.05, 0.1) is 0 Å². The van der Waals surface area contributed by atoms with Crippen molar-refractivity contribution in [1.82, 2.24) is 9.80 Å². The van der Waals surface area contributed by atoms with Crippen molar-refractivity contribution >= 4 is 34.6 Å². The second-order valence-electron chi connectivity index (χ2n) is 6.13. The van der Waals surface area contributed by atoms with Crippen LogP contribution < -0.4 is 5.32 Å². The van der Waals surface area contributed by atoms with Gasteiger partial charge in [0.25, 0.3) is 0 Å². The van der Waals surface area contributed by atoms with E-state index in [4.69, 9.17) is 23.8 Å². The Morgan fingerprint density at radius 1 is 1.04 bits per heavy atom. The lowest BCUT2D eigenvalue weighted by Crippen LogP contribution is -2.49. The van der Waals surface area contributed by atoms with E-state index in [1.807, 2.05) is 24.3 Å². The number of nitrogens with zero attached hydrogens (tertiary/aromatic N) is 2. The van der Waals surface area contributed by atoms with Gasteiger partial charge in [0, 0.05) is 43.4 Å². The predicted octanol–water partition coefficient (Wildman–Crippen LogP) is 4.16. The van der Waals surface area contributed by atoms with Crippen LogP contribution >= 0.6 is 23.8 Å². The Balaban J connectivity index is 1.50. The molecule has 0 aliphatic carbocycles. The fourth-order valence-corrected chi connectivity index (χ4v) is 3.28. The molecule has 3 nitrogen and oxygen atoms in total. The number of hydrogen-bond donors (Lipinski definition) is 1. The third-order valence-electron chi connectivity index (χ3n) is 4.37. The molecule has 0 amide bonds. The standard InChI is InChI=1S/C19H22ClN3S/c1-15-4-2-3-5-18(15)21-19(24)23-12-10-22(11-13-23)14-16-6-8-17(20)9-7-16/h2-9H,10-14H2,1H3,(H,21,24). The molecule has 0 radical (unpaired) electrons. The van der Waals surface area contributed by atoms with E-state index < -0.39 is 0 Å². The van der Waals surface area contributed by atoms with Crippen LogP contribution in [-0.4, -0.2) is 41.1 Å². The number of aryl methyl sites for hydroxylation is 1. The van der Waals surface area contributed by atoms with E-state index in [2.05, 4.69) is 46.3 Å². The molecule has 0 saturated carbocycles. The van der Waals surface area contributed by atoms with Crippen LogP contribution in [0, 0.1) is 6.92 Å². The molecule has 1 aliphatic heterocycles. The Morgan fingerprint density at radius 3 is 2.38 bits per heavy atom. The van der Waals surface area contributed by atoms with Crippen molar-refractivity contribution in [1.29, 1.82) is 0 Å². The minimum absolute atomic E-state index is 0.788. The highest BCUT2D eigenvalue weighted by molar-refractivity contribution is 7.80. The lowest BCUT2D eigenvalue weighted by Gasteiger charge is -2.36. The van der Waals surface area contributed by atoms with Crippen LogP contribution in [0.3, 0.4) is 0 Å². The Labute approximate surface area is 154 Å². The maximum Gasteiger partial charge on any atom is 0.173 e. The molecule has 0 aromatic heterocycles. The van der Waals surface area contributed by atoms with Crippen LogP contribution in [0.2, 0.25) is 5.02 Å². The molecular formula is C19H22ClN3S. The minimum atomic E-state index is 0.788. The van der Waals surface area contributed by atoms with E-state index in [9.17, 15) is 0 Å². The Hall–Kier alpha value is -1.62.